The van der Waals surface area contributed by atoms with Crippen LogP contribution in [0.5, 0.6) is 0 Å². The van der Waals surface area contributed by atoms with Gasteiger partial charge in [0.2, 0.25) is 11.8 Å². The molecule has 1 fully saturated rings. The Morgan fingerprint density at radius 2 is 1.76 bits per heavy atom. The third kappa shape index (κ3) is 13.2. The number of anilines is 1. The van der Waals surface area contributed by atoms with Gasteiger partial charge in [0, 0.05) is 36.4 Å². The van der Waals surface area contributed by atoms with Gasteiger partial charge in [-0.05, 0) is 0 Å². The molecule has 3 unspecified atom stereocenters. The minimum atomic E-state index is -5.54. The van der Waals surface area contributed by atoms with Crippen LogP contribution in [0.25, 0.3) is 11.2 Å². The van der Waals surface area contributed by atoms with Gasteiger partial charge in [-0.1, -0.05) is 42.4 Å². The van der Waals surface area contributed by atoms with E-state index in [-0.39, 0.29) is 35.9 Å². The van der Waals surface area contributed by atoms with Gasteiger partial charge in [-0.3, -0.25) is 27.7 Å². The van der Waals surface area contributed by atoms with Crippen molar-refractivity contribution in [3.63, 3.8) is 0 Å². The Morgan fingerprint density at radius 1 is 1.08 bits per heavy atom. The summed E-state index contributed by atoms with van der Waals surface area (Å²) < 4.78 is 61.9. The predicted octanol–water partition coefficient (Wildman–Crippen LogP) is -0.194. The number of imidazole rings is 1. The molecule has 7 atom stereocenters. The lowest BCUT2D eigenvalue weighted by Crippen LogP contribution is -2.46. The molecule has 51 heavy (non-hydrogen) atoms. The molecule has 2 aromatic heterocycles. The molecule has 1 aliphatic rings. The lowest BCUT2D eigenvalue weighted by molar-refractivity contribution is -0.137. The summed E-state index contributed by atoms with van der Waals surface area (Å²) in [5, 5.41) is 26.4. The standard InChI is InChI=1S/C23H40N7O16P3S2/c1-4-50-51-8-7-25-14(31)5-6-26-21(34)18(33)23(2,3)10-43-49(40,41)46-48(38,39)42-9-13-17(45-47(35,36)37)16(32)22(44-13)30-12-29-15-19(24)27-11-28-20(15)30/h11-13,16-18,22,32-33H,4-10H2,1-3H3,(H,25,31)(H,26,34)(H,38,39)(H,40,41)(H2,24,27,28)(H2,35,36,37)/t13-,16+,17?,18-,22-/m1/s1. The summed E-state index contributed by atoms with van der Waals surface area (Å²) in [6.45, 7) is 2.90. The Balaban J connectivity index is 1.55. The molecule has 0 saturated carbocycles. The number of nitrogens with zero attached hydrogens (tertiary/aromatic N) is 4. The lowest BCUT2D eigenvalue weighted by Gasteiger charge is -2.30. The summed E-state index contributed by atoms with van der Waals surface area (Å²) in [6, 6.07) is 0. The van der Waals surface area contributed by atoms with Crippen LogP contribution in [0.2, 0.25) is 0 Å². The van der Waals surface area contributed by atoms with E-state index < -0.39 is 78.6 Å². The lowest BCUT2D eigenvalue weighted by atomic mass is 9.87. The van der Waals surface area contributed by atoms with Gasteiger partial charge in [-0.2, -0.15) is 4.31 Å². The SMILES string of the molecule is CCSSCCNC(=O)CCNC(=O)[C@@H](O)C(C)(C)COP(=O)(O)OP(=O)(O)OC[C@H]1O[C@@H](n2cnc3c(N)ncnc32)[C@@H](O)C1OP(=O)(O)O. The zero-order chi connectivity index (χ0) is 38.2. The molecule has 23 nitrogen and oxygen atoms in total. The first-order valence-electron chi connectivity index (χ1n) is 14.8. The second-order valence-electron chi connectivity index (χ2n) is 11.3. The fourth-order valence-electron chi connectivity index (χ4n) is 4.31. The number of nitrogens with two attached hydrogens (primary N) is 1. The molecule has 1 saturated heterocycles. The van der Waals surface area contributed by atoms with Crippen molar-refractivity contribution in [1.29, 1.82) is 0 Å². The van der Waals surface area contributed by atoms with Crippen molar-refractivity contribution in [2.24, 2.45) is 5.41 Å². The van der Waals surface area contributed by atoms with E-state index in [1.54, 1.807) is 21.6 Å². The third-order valence-electron chi connectivity index (χ3n) is 6.79. The van der Waals surface area contributed by atoms with Crippen LogP contribution >= 0.6 is 45.1 Å². The highest BCUT2D eigenvalue weighted by atomic mass is 33.1. The van der Waals surface area contributed by atoms with E-state index in [0.29, 0.717) is 12.3 Å². The summed E-state index contributed by atoms with van der Waals surface area (Å²) in [6.07, 6.45) is -6.70. The maximum atomic E-state index is 12.6. The molecule has 0 spiro atoms. The monoisotopic (exact) mass is 827 g/mol. The van der Waals surface area contributed by atoms with E-state index in [1.807, 2.05) is 6.92 Å². The van der Waals surface area contributed by atoms with Crippen LogP contribution in [0.15, 0.2) is 12.7 Å². The molecule has 3 rings (SSSR count). The summed E-state index contributed by atoms with van der Waals surface area (Å²) in [4.78, 5) is 75.2. The number of nitrogen functional groups attached to an aromatic ring is 1. The van der Waals surface area contributed by atoms with Crippen LogP contribution in [-0.2, 0) is 45.9 Å². The van der Waals surface area contributed by atoms with Gasteiger partial charge < -0.3 is 50.9 Å². The number of amides is 2. The van der Waals surface area contributed by atoms with Crippen molar-refractivity contribution in [3.05, 3.63) is 12.7 Å². The zero-order valence-electron chi connectivity index (χ0n) is 27.3. The number of hydrogen-bond acceptors (Lipinski definition) is 18. The summed E-state index contributed by atoms with van der Waals surface area (Å²) in [7, 11) is -13.1. The molecule has 0 radical (unpaired) electrons. The number of carbonyl (C=O) groups is 2. The maximum Gasteiger partial charge on any atom is 0.481 e. The Bertz CT molecular complexity index is 1650. The van der Waals surface area contributed by atoms with Crippen LogP contribution in [0, 0.1) is 5.41 Å². The Morgan fingerprint density at radius 3 is 2.43 bits per heavy atom. The Hall–Kier alpha value is -1.76. The van der Waals surface area contributed by atoms with Gasteiger partial charge >= 0.3 is 23.5 Å². The average Bonchev–Trinajstić information content (AvgIpc) is 3.58. The molecular weight excluding hydrogens is 787 g/mol. The van der Waals surface area contributed by atoms with E-state index in [0.717, 1.165) is 23.0 Å². The fourth-order valence-corrected chi connectivity index (χ4v) is 8.72. The topological polar surface area (TPSA) is 347 Å². The highest BCUT2D eigenvalue weighted by Crippen LogP contribution is 2.61. The van der Waals surface area contributed by atoms with Crippen molar-refractivity contribution in [2.75, 3.05) is 43.5 Å². The number of aliphatic hydroxyl groups is 2. The van der Waals surface area contributed by atoms with E-state index in [2.05, 4.69) is 34.4 Å². The molecule has 2 amide bonds. The highest BCUT2D eigenvalue weighted by molar-refractivity contribution is 8.76. The number of aliphatic hydroxyl groups excluding tert-OH is 2. The smallest absolute Gasteiger partial charge is 0.386 e. The number of ether oxygens (including phenoxy) is 1. The normalized spacial score (nSPS) is 22.7. The van der Waals surface area contributed by atoms with Gasteiger partial charge in [0.05, 0.1) is 19.5 Å². The number of hydrogen-bond donors (Lipinski definition) is 9. The largest absolute Gasteiger partial charge is 0.481 e. The molecule has 0 aromatic carbocycles. The van der Waals surface area contributed by atoms with E-state index in [4.69, 9.17) is 19.5 Å². The van der Waals surface area contributed by atoms with Crippen molar-refractivity contribution < 1.29 is 75.7 Å². The number of aromatic nitrogens is 4. The quantitative estimate of drug-likeness (QED) is 0.0447. The summed E-state index contributed by atoms with van der Waals surface area (Å²) in [5.74, 6) is 0.343. The third-order valence-corrected chi connectivity index (χ3v) is 12.4. The molecule has 0 aliphatic carbocycles. The molecule has 1 aliphatic heterocycles. The number of carbonyl (C=O) groups excluding carboxylic acids is 2. The van der Waals surface area contributed by atoms with E-state index in [1.165, 1.54) is 13.8 Å². The van der Waals surface area contributed by atoms with E-state index in [9.17, 15) is 53.1 Å². The van der Waals surface area contributed by atoms with Crippen LogP contribution in [0.4, 0.5) is 5.82 Å². The number of nitrogens with one attached hydrogen (secondary N) is 2. The number of fused-ring (bicyclic) bond motifs is 1. The molecule has 2 aromatic rings. The molecule has 3 heterocycles. The number of phosphoric acid groups is 3. The van der Waals surface area contributed by atoms with Crippen molar-refractivity contribution in [2.45, 2.75) is 57.8 Å². The molecule has 28 heteroatoms. The van der Waals surface area contributed by atoms with Crippen molar-refractivity contribution in [1.82, 2.24) is 30.2 Å². The van der Waals surface area contributed by atoms with Gasteiger partial charge in [-0.25, -0.2) is 28.6 Å². The van der Waals surface area contributed by atoms with Crippen molar-refractivity contribution >= 4 is 73.9 Å². The average molecular weight is 828 g/mol. The molecule has 290 valence electrons. The summed E-state index contributed by atoms with van der Waals surface area (Å²) >= 11 is 0. The first-order chi connectivity index (χ1) is 23.7. The predicted molar refractivity (Wildman–Crippen MR) is 180 cm³/mol. The minimum absolute atomic E-state index is 0.0345. The first-order valence-corrected chi connectivity index (χ1v) is 21.8. The van der Waals surface area contributed by atoms with Crippen LogP contribution < -0.4 is 16.4 Å². The highest BCUT2D eigenvalue weighted by Gasteiger charge is 2.50. The second kappa shape index (κ2) is 18.5. The van der Waals surface area contributed by atoms with Crippen LogP contribution in [0.3, 0.4) is 0 Å². The van der Waals surface area contributed by atoms with Gasteiger partial charge in [0.15, 0.2) is 17.7 Å². The van der Waals surface area contributed by atoms with Crippen LogP contribution in [0.1, 0.15) is 33.4 Å². The van der Waals surface area contributed by atoms with Crippen molar-refractivity contribution in [3.8, 4) is 0 Å². The van der Waals surface area contributed by atoms with Gasteiger partial charge in [0.1, 0.15) is 36.3 Å². The maximum absolute atomic E-state index is 12.6. The van der Waals surface area contributed by atoms with Gasteiger partial charge in [0.25, 0.3) is 0 Å². The summed E-state index contributed by atoms with van der Waals surface area (Å²) in [5.41, 5.74) is 4.32. The van der Waals surface area contributed by atoms with Crippen LogP contribution in [-0.4, -0.2) is 123 Å². The van der Waals surface area contributed by atoms with E-state index >= 15 is 0 Å². The van der Waals surface area contributed by atoms with Gasteiger partial charge in [-0.15, -0.1) is 0 Å². The first kappa shape index (κ1) is 43.6. The minimum Gasteiger partial charge on any atom is -0.386 e. The molecule has 0 bridgehead atoms. The Kier molecular flexibility index (Phi) is 15.8. The fraction of sp³-hybridized carbons (Fsp3) is 0.696. The second-order valence-corrected chi connectivity index (χ2v) is 18.4. The number of rotatable bonds is 21. The Labute approximate surface area is 298 Å². The molecular formula is C23H40N7O16P3S2. The number of phosphoric ester groups is 3. The zero-order valence-corrected chi connectivity index (χ0v) is 31.6. The molecule has 10 N–H and O–H groups in total.